The second-order valence-electron chi connectivity index (χ2n) is 5.18. The van der Waals surface area contributed by atoms with Gasteiger partial charge in [-0.1, -0.05) is 46.3 Å². The molecule has 0 aliphatic heterocycles. The quantitative estimate of drug-likeness (QED) is 0.712. The number of primary amides is 1. The number of rotatable bonds is 7. The summed E-state index contributed by atoms with van der Waals surface area (Å²) >= 11 is 6.99. The van der Waals surface area contributed by atoms with E-state index >= 15 is 0 Å². The van der Waals surface area contributed by atoms with Gasteiger partial charge in [0.15, 0.2) is 0 Å². The maximum absolute atomic E-state index is 11.4. The highest BCUT2D eigenvalue weighted by molar-refractivity contribution is 9.11. The summed E-state index contributed by atoms with van der Waals surface area (Å²) in [5.41, 5.74) is 7.51. The van der Waals surface area contributed by atoms with Gasteiger partial charge in [0.2, 0.25) is 5.91 Å². The second-order valence-corrected chi connectivity index (χ2v) is 6.95. The zero-order valence-corrected chi connectivity index (χ0v) is 15.9. The van der Waals surface area contributed by atoms with Crippen LogP contribution in [0.3, 0.4) is 0 Å². The normalized spacial score (nSPS) is 10.8. The van der Waals surface area contributed by atoms with Crippen molar-refractivity contribution in [2.75, 3.05) is 13.7 Å². The SMILES string of the molecule is COc1c(Br)cc(Br)cc1CN(CC(N)=O)Cc1ccccc1. The lowest BCUT2D eigenvalue weighted by molar-refractivity contribution is -0.119. The third-order valence-corrected chi connectivity index (χ3v) is 4.36. The lowest BCUT2D eigenvalue weighted by Crippen LogP contribution is -2.33. The number of benzene rings is 2. The summed E-state index contributed by atoms with van der Waals surface area (Å²) in [6.45, 7) is 1.37. The van der Waals surface area contributed by atoms with Gasteiger partial charge in [-0.05, 0) is 33.6 Å². The van der Waals surface area contributed by atoms with Crippen molar-refractivity contribution in [1.29, 1.82) is 0 Å². The van der Waals surface area contributed by atoms with Crippen LogP contribution in [0, 0.1) is 0 Å². The monoisotopic (exact) mass is 440 g/mol. The molecule has 0 unspecified atom stereocenters. The smallest absolute Gasteiger partial charge is 0.231 e. The highest BCUT2D eigenvalue weighted by Crippen LogP contribution is 2.33. The van der Waals surface area contributed by atoms with Gasteiger partial charge in [-0.3, -0.25) is 9.69 Å². The minimum absolute atomic E-state index is 0.183. The van der Waals surface area contributed by atoms with E-state index in [4.69, 9.17) is 10.5 Å². The molecule has 0 spiro atoms. The van der Waals surface area contributed by atoms with Crippen molar-refractivity contribution in [3.05, 3.63) is 62.5 Å². The van der Waals surface area contributed by atoms with Gasteiger partial charge in [0, 0.05) is 23.1 Å². The molecule has 2 aromatic carbocycles. The van der Waals surface area contributed by atoms with E-state index < -0.39 is 0 Å². The molecular formula is C17H18Br2N2O2. The van der Waals surface area contributed by atoms with Crippen LogP contribution in [-0.2, 0) is 17.9 Å². The van der Waals surface area contributed by atoms with Crippen LogP contribution in [0.1, 0.15) is 11.1 Å². The molecule has 0 heterocycles. The molecule has 23 heavy (non-hydrogen) atoms. The first-order valence-corrected chi connectivity index (χ1v) is 8.64. The lowest BCUT2D eigenvalue weighted by atomic mass is 10.1. The van der Waals surface area contributed by atoms with E-state index in [0.717, 1.165) is 25.8 Å². The Labute approximate surface area is 152 Å². The molecule has 0 atom stereocenters. The Morgan fingerprint density at radius 1 is 1.17 bits per heavy atom. The van der Waals surface area contributed by atoms with Crippen LogP contribution in [0.5, 0.6) is 5.75 Å². The first-order chi connectivity index (χ1) is 11.0. The van der Waals surface area contributed by atoms with Gasteiger partial charge in [0.05, 0.1) is 18.1 Å². The third-order valence-electron chi connectivity index (χ3n) is 3.31. The summed E-state index contributed by atoms with van der Waals surface area (Å²) in [6, 6.07) is 13.9. The summed E-state index contributed by atoms with van der Waals surface area (Å²) in [5, 5.41) is 0. The minimum Gasteiger partial charge on any atom is -0.495 e. The molecule has 4 nitrogen and oxygen atoms in total. The molecule has 2 rings (SSSR count). The van der Waals surface area contributed by atoms with Gasteiger partial charge >= 0.3 is 0 Å². The van der Waals surface area contributed by atoms with Gasteiger partial charge in [-0.15, -0.1) is 0 Å². The van der Waals surface area contributed by atoms with Crippen LogP contribution >= 0.6 is 31.9 Å². The fourth-order valence-electron chi connectivity index (χ4n) is 2.43. The number of carbonyl (C=O) groups is 1. The molecule has 0 aliphatic rings. The molecule has 0 radical (unpaired) electrons. The predicted molar refractivity (Wildman–Crippen MR) is 98.1 cm³/mol. The zero-order valence-electron chi connectivity index (χ0n) is 12.8. The van der Waals surface area contributed by atoms with Crippen molar-refractivity contribution in [3.63, 3.8) is 0 Å². The fraction of sp³-hybridized carbons (Fsp3) is 0.235. The largest absolute Gasteiger partial charge is 0.495 e. The molecular weight excluding hydrogens is 424 g/mol. The van der Waals surface area contributed by atoms with Gasteiger partial charge in [-0.25, -0.2) is 0 Å². The molecule has 0 fully saturated rings. The van der Waals surface area contributed by atoms with Crippen molar-refractivity contribution in [2.24, 2.45) is 5.73 Å². The maximum atomic E-state index is 11.4. The van der Waals surface area contributed by atoms with E-state index in [9.17, 15) is 4.79 Å². The summed E-state index contributed by atoms with van der Waals surface area (Å²) in [4.78, 5) is 13.4. The Balaban J connectivity index is 2.25. The van der Waals surface area contributed by atoms with E-state index in [2.05, 4.69) is 31.9 Å². The van der Waals surface area contributed by atoms with E-state index in [0.29, 0.717) is 13.1 Å². The van der Waals surface area contributed by atoms with Crippen molar-refractivity contribution in [3.8, 4) is 5.75 Å². The molecule has 0 saturated carbocycles. The average molecular weight is 442 g/mol. The molecule has 0 bridgehead atoms. The molecule has 2 N–H and O–H groups in total. The van der Waals surface area contributed by atoms with E-state index in [1.807, 2.05) is 47.4 Å². The predicted octanol–water partition coefficient (Wildman–Crippen LogP) is 3.71. The van der Waals surface area contributed by atoms with Gasteiger partial charge in [0.25, 0.3) is 0 Å². The first kappa shape index (κ1) is 18.0. The Hall–Kier alpha value is -1.37. The number of hydrogen-bond donors (Lipinski definition) is 1. The standard InChI is InChI=1S/C17H18Br2N2O2/c1-23-17-13(7-14(18)8-15(17)19)10-21(11-16(20)22)9-12-5-3-2-4-6-12/h2-8H,9-11H2,1H3,(H2,20,22). The van der Waals surface area contributed by atoms with Crippen LogP contribution in [0.4, 0.5) is 0 Å². The second kappa shape index (κ2) is 8.47. The van der Waals surface area contributed by atoms with Crippen molar-refractivity contribution >= 4 is 37.8 Å². The molecule has 2 aromatic rings. The zero-order chi connectivity index (χ0) is 16.8. The third kappa shape index (κ3) is 5.34. The summed E-state index contributed by atoms with van der Waals surface area (Å²) in [5.74, 6) is 0.407. The number of nitrogens with two attached hydrogens (primary N) is 1. The van der Waals surface area contributed by atoms with Gasteiger partial charge in [-0.2, -0.15) is 0 Å². The minimum atomic E-state index is -0.353. The van der Waals surface area contributed by atoms with Crippen LogP contribution in [0.2, 0.25) is 0 Å². The first-order valence-electron chi connectivity index (χ1n) is 7.06. The van der Waals surface area contributed by atoms with Crippen LogP contribution < -0.4 is 10.5 Å². The summed E-state index contributed by atoms with van der Waals surface area (Å²) < 4.78 is 7.28. The number of amides is 1. The Bertz CT molecular complexity index is 678. The highest BCUT2D eigenvalue weighted by atomic mass is 79.9. The van der Waals surface area contributed by atoms with Gasteiger partial charge < -0.3 is 10.5 Å². The maximum Gasteiger partial charge on any atom is 0.231 e. The van der Waals surface area contributed by atoms with E-state index in [1.54, 1.807) is 7.11 Å². The number of methoxy groups -OCH3 is 1. The number of halogens is 2. The summed E-state index contributed by atoms with van der Waals surface area (Å²) in [7, 11) is 1.63. The van der Waals surface area contributed by atoms with Crippen molar-refractivity contribution in [1.82, 2.24) is 4.90 Å². The molecule has 1 amide bonds. The number of ether oxygens (including phenoxy) is 1. The number of nitrogens with zero attached hydrogens (tertiary/aromatic N) is 1. The van der Waals surface area contributed by atoms with Crippen molar-refractivity contribution in [2.45, 2.75) is 13.1 Å². The van der Waals surface area contributed by atoms with Gasteiger partial charge in [0.1, 0.15) is 5.75 Å². The number of hydrogen-bond acceptors (Lipinski definition) is 3. The topological polar surface area (TPSA) is 55.6 Å². The molecule has 0 aromatic heterocycles. The van der Waals surface area contributed by atoms with Crippen molar-refractivity contribution < 1.29 is 9.53 Å². The lowest BCUT2D eigenvalue weighted by Gasteiger charge is -2.22. The highest BCUT2D eigenvalue weighted by Gasteiger charge is 2.15. The fourth-order valence-corrected chi connectivity index (χ4v) is 3.91. The van der Waals surface area contributed by atoms with E-state index in [-0.39, 0.29) is 12.5 Å². The van der Waals surface area contributed by atoms with Crippen LogP contribution in [-0.4, -0.2) is 24.5 Å². The van der Waals surface area contributed by atoms with E-state index in [1.165, 1.54) is 0 Å². The molecule has 0 aliphatic carbocycles. The number of carbonyl (C=O) groups excluding carboxylic acids is 1. The van der Waals surface area contributed by atoms with Crippen LogP contribution in [0.15, 0.2) is 51.4 Å². The molecule has 6 heteroatoms. The summed E-state index contributed by atoms with van der Waals surface area (Å²) in [6.07, 6.45) is 0. The Morgan fingerprint density at radius 3 is 2.48 bits per heavy atom. The van der Waals surface area contributed by atoms with Crippen LogP contribution in [0.25, 0.3) is 0 Å². The Kier molecular flexibility index (Phi) is 6.62. The average Bonchev–Trinajstić information content (AvgIpc) is 2.47. The Morgan fingerprint density at radius 2 is 1.87 bits per heavy atom. The molecule has 122 valence electrons. The molecule has 0 saturated heterocycles.